The fraction of sp³-hybridized carbons (Fsp3) is 0.0625. The monoisotopic (exact) mass is 315 g/mol. The van der Waals surface area contributed by atoms with Gasteiger partial charge in [0.2, 0.25) is 0 Å². The third-order valence-electron chi connectivity index (χ3n) is 3.39. The predicted octanol–water partition coefficient (Wildman–Crippen LogP) is 3.22. The van der Waals surface area contributed by atoms with Crippen molar-refractivity contribution >= 4 is 5.97 Å². The molecule has 0 aliphatic rings. The summed E-state index contributed by atoms with van der Waals surface area (Å²) >= 11 is 0. The maximum atomic E-state index is 13.6. The van der Waals surface area contributed by atoms with Crippen molar-refractivity contribution in [2.45, 2.75) is 6.92 Å². The second-order valence-electron chi connectivity index (χ2n) is 4.94. The van der Waals surface area contributed by atoms with E-state index in [2.05, 4.69) is 10.3 Å². The smallest absolute Gasteiger partial charge is 0.358 e. The van der Waals surface area contributed by atoms with Gasteiger partial charge in [-0.3, -0.25) is 0 Å². The highest BCUT2D eigenvalue weighted by atomic mass is 19.1. The predicted molar refractivity (Wildman–Crippen MR) is 78.4 cm³/mol. The van der Waals surface area contributed by atoms with Gasteiger partial charge in [0.05, 0.1) is 5.69 Å². The zero-order valence-corrected chi connectivity index (χ0v) is 12.0. The summed E-state index contributed by atoms with van der Waals surface area (Å²) in [5.74, 6) is -2.21. The van der Waals surface area contributed by atoms with Crippen molar-refractivity contribution in [2.75, 3.05) is 0 Å². The van der Waals surface area contributed by atoms with Gasteiger partial charge in [0, 0.05) is 5.56 Å². The number of halogens is 2. The molecule has 0 saturated heterocycles. The van der Waals surface area contributed by atoms with E-state index in [1.807, 2.05) is 0 Å². The van der Waals surface area contributed by atoms with E-state index in [9.17, 15) is 18.7 Å². The van der Waals surface area contributed by atoms with Crippen LogP contribution in [0.2, 0.25) is 0 Å². The van der Waals surface area contributed by atoms with E-state index in [0.717, 1.165) is 0 Å². The lowest BCUT2D eigenvalue weighted by Crippen LogP contribution is -2.05. The first-order chi connectivity index (χ1) is 11.0. The maximum absolute atomic E-state index is 13.6. The zero-order valence-electron chi connectivity index (χ0n) is 12.0. The molecule has 0 atom stereocenters. The van der Waals surface area contributed by atoms with E-state index in [-0.39, 0.29) is 11.4 Å². The highest BCUT2D eigenvalue weighted by molar-refractivity contribution is 5.93. The quantitative estimate of drug-likeness (QED) is 0.806. The number of nitrogens with zero attached hydrogens (tertiary/aromatic N) is 3. The van der Waals surface area contributed by atoms with Gasteiger partial charge in [-0.2, -0.15) is 0 Å². The lowest BCUT2D eigenvalue weighted by molar-refractivity contribution is 0.0691. The molecule has 2 aromatic carbocycles. The average molecular weight is 315 g/mol. The summed E-state index contributed by atoms with van der Waals surface area (Å²) in [7, 11) is 0. The van der Waals surface area contributed by atoms with Crippen molar-refractivity contribution in [3.8, 4) is 16.9 Å². The van der Waals surface area contributed by atoms with E-state index in [0.29, 0.717) is 16.8 Å². The van der Waals surface area contributed by atoms with Crippen molar-refractivity contribution in [3.63, 3.8) is 0 Å². The van der Waals surface area contributed by atoms with Gasteiger partial charge in [0.15, 0.2) is 5.69 Å². The number of aryl methyl sites for hydroxylation is 1. The van der Waals surface area contributed by atoms with Gasteiger partial charge in [0.1, 0.15) is 17.3 Å². The summed E-state index contributed by atoms with van der Waals surface area (Å²) in [6.45, 7) is 1.74. The van der Waals surface area contributed by atoms with Crippen molar-refractivity contribution in [3.05, 3.63) is 65.4 Å². The number of benzene rings is 2. The van der Waals surface area contributed by atoms with Crippen molar-refractivity contribution in [1.29, 1.82) is 0 Å². The van der Waals surface area contributed by atoms with Crippen LogP contribution in [0.5, 0.6) is 0 Å². The van der Waals surface area contributed by atoms with Crippen LogP contribution in [-0.4, -0.2) is 26.1 Å². The minimum Gasteiger partial charge on any atom is -0.476 e. The number of hydrogen-bond acceptors (Lipinski definition) is 3. The molecule has 0 unspecified atom stereocenters. The fourth-order valence-electron chi connectivity index (χ4n) is 2.27. The molecule has 1 aromatic heterocycles. The summed E-state index contributed by atoms with van der Waals surface area (Å²) in [4.78, 5) is 11.4. The van der Waals surface area contributed by atoms with Crippen molar-refractivity contribution < 1.29 is 18.7 Å². The maximum Gasteiger partial charge on any atom is 0.358 e. The lowest BCUT2D eigenvalue weighted by atomic mass is 10.1. The summed E-state index contributed by atoms with van der Waals surface area (Å²) < 4.78 is 27.9. The van der Waals surface area contributed by atoms with Crippen LogP contribution in [0.4, 0.5) is 8.78 Å². The van der Waals surface area contributed by atoms with E-state index in [4.69, 9.17) is 0 Å². The van der Waals surface area contributed by atoms with Crippen LogP contribution < -0.4 is 0 Å². The Morgan fingerprint density at radius 3 is 2.39 bits per heavy atom. The van der Waals surface area contributed by atoms with E-state index >= 15 is 0 Å². The Morgan fingerprint density at radius 1 is 1.09 bits per heavy atom. The van der Waals surface area contributed by atoms with Gasteiger partial charge in [-0.25, -0.2) is 18.3 Å². The molecule has 1 N–H and O–H groups in total. The van der Waals surface area contributed by atoms with Crippen LogP contribution in [0, 0.1) is 18.6 Å². The second kappa shape index (κ2) is 5.60. The Balaban J connectivity index is 2.28. The first-order valence-corrected chi connectivity index (χ1v) is 6.69. The zero-order chi connectivity index (χ0) is 16.6. The number of rotatable bonds is 3. The molecule has 1 heterocycles. The summed E-state index contributed by atoms with van der Waals surface area (Å²) in [6, 6.07) is 9.35. The standard InChI is InChI=1S/C16H11F2N3O2/c1-9-2-5-12(18)8-13(9)21-15(14(16(22)23)19-20-21)10-3-6-11(17)7-4-10/h2-8H,1H3,(H,22,23). The Morgan fingerprint density at radius 2 is 1.74 bits per heavy atom. The first kappa shape index (κ1) is 14.8. The molecule has 0 fully saturated rings. The molecular weight excluding hydrogens is 304 g/mol. The fourth-order valence-corrected chi connectivity index (χ4v) is 2.27. The average Bonchev–Trinajstić information content (AvgIpc) is 2.95. The van der Waals surface area contributed by atoms with Gasteiger partial charge in [-0.15, -0.1) is 5.10 Å². The Labute approximate surface area is 129 Å². The highest BCUT2D eigenvalue weighted by Crippen LogP contribution is 2.27. The molecule has 3 aromatic rings. The molecule has 7 heteroatoms. The number of aromatic nitrogens is 3. The summed E-state index contributed by atoms with van der Waals surface area (Å²) in [6.07, 6.45) is 0. The SMILES string of the molecule is Cc1ccc(F)cc1-n1nnc(C(=O)O)c1-c1ccc(F)cc1. The van der Waals surface area contributed by atoms with Crippen LogP contribution in [0.3, 0.4) is 0 Å². The van der Waals surface area contributed by atoms with Crippen LogP contribution in [0.1, 0.15) is 16.1 Å². The second-order valence-corrected chi connectivity index (χ2v) is 4.94. The molecule has 0 radical (unpaired) electrons. The van der Waals surface area contributed by atoms with Gasteiger partial charge in [-0.05, 0) is 48.9 Å². The number of hydrogen-bond donors (Lipinski definition) is 1. The Hall–Kier alpha value is -3.09. The summed E-state index contributed by atoms with van der Waals surface area (Å²) in [5.41, 5.74) is 1.34. The third-order valence-corrected chi connectivity index (χ3v) is 3.39. The van der Waals surface area contributed by atoms with Crippen molar-refractivity contribution in [1.82, 2.24) is 15.0 Å². The van der Waals surface area contributed by atoms with E-state index in [1.165, 1.54) is 41.1 Å². The van der Waals surface area contributed by atoms with Gasteiger partial charge in [-0.1, -0.05) is 11.3 Å². The van der Waals surface area contributed by atoms with E-state index in [1.54, 1.807) is 13.0 Å². The molecule has 0 aliphatic carbocycles. The molecular formula is C16H11F2N3O2. The lowest BCUT2D eigenvalue weighted by Gasteiger charge is -2.10. The first-order valence-electron chi connectivity index (χ1n) is 6.69. The van der Waals surface area contributed by atoms with Crippen LogP contribution in [0.15, 0.2) is 42.5 Å². The minimum absolute atomic E-state index is 0.159. The molecule has 3 rings (SSSR count). The molecule has 0 aliphatic heterocycles. The molecule has 0 amide bonds. The number of aromatic carboxylic acids is 1. The number of carboxylic acids is 1. The molecule has 5 nitrogen and oxygen atoms in total. The number of carbonyl (C=O) groups is 1. The van der Waals surface area contributed by atoms with E-state index < -0.39 is 17.6 Å². The third kappa shape index (κ3) is 2.68. The van der Waals surface area contributed by atoms with Gasteiger partial charge >= 0.3 is 5.97 Å². The molecule has 0 bridgehead atoms. The van der Waals surface area contributed by atoms with Crippen LogP contribution in [-0.2, 0) is 0 Å². The molecule has 0 saturated carbocycles. The van der Waals surface area contributed by atoms with Crippen molar-refractivity contribution in [2.24, 2.45) is 0 Å². The van der Waals surface area contributed by atoms with Gasteiger partial charge in [0.25, 0.3) is 0 Å². The Bertz CT molecular complexity index is 889. The number of carboxylic acid groups (broad SMARTS) is 1. The molecule has 116 valence electrons. The molecule has 23 heavy (non-hydrogen) atoms. The topological polar surface area (TPSA) is 68.0 Å². The Kier molecular flexibility index (Phi) is 3.61. The van der Waals surface area contributed by atoms with Crippen LogP contribution >= 0.6 is 0 Å². The summed E-state index contributed by atoms with van der Waals surface area (Å²) in [5, 5.41) is 16.8. The van der Waals surface area contributed by atoms with Crippen LogP contribution in [0.25, 0.3) is 16.9 Å². The largest absolute Gasteiger partial charge is 0.476 e. The van der Waals surface area contributed by atoms with Gasteiger partial charge < -0.3 is 5.11 Å². The normalized spacial score (nSPS) is 10.7. The highest BCUT2D eigenvalue weighted by Gasteiger charge is 2.22. The minimum atomic E-state index is -1.27. The molecule has 0 spiro atoms.